The summed E-state index contributed by atoms with van der Waals surface area (Å²) in [7, 11) is 0. The van der Waals surface area contributed by atoms with Crippen molar-refractivity contribution >= 4 is 0 Å². The molecule has 0 aromatic heterocycles. The van der Waals surface area contributed by atoms with Gasteiger partial charge in [-0.1, -0.05) is 61.5 Å². The average molecular weight is 265 g/mol. The van der Waals surface area contributed by atoms with E-state index in [9.17, 15) is 0 Å². The molecule has 0 amide bonds. The standard InChI is InChI=1S/C19H23N/c1-2-18-13-16-10-6-7-11-19(16)17(14-20-18)12-15-8-4-3-5-9-15/h3-11,17-18,20H,2,12-14H2,1H3/t17-,18+/m0/s1. The third kappa shape index (κ3) is 2.94. The number of benzene rings is 2. The molecule has 0 bridgehead atoms. The highest BCUT2D eigenvalue weighted by Crippen LogP contribution is 2.27. The van der Waals surface area contributed by atoms with Crippen LogP contribution in [0.4, 0.5) is 0 Å². The van der Waals surface area contributed by atoms with E-state index in [4.69, 9.17) is 0 Å². The zero-order valence-corrected chi connectivity index (χ0v) is 12.2. The topological polar surface area (TPSA) is 12.0 Å². The van der Waals surface area contributed by atoms with Crippen molar-refractivity contribution in [3.63, 3.8) is 0 Å². The third-order valence-electron chi connectivity index (χ3n) is 4.43. The molecule has 1 heterocycles. The van der Waals surface area contributed by atoms with Crippen LogP contribution in [0.5, 0.6) is 0 Å². The minimum atomic E-state index is 0.588. The Labute approximate surface area is 122 Å². The van der Waals surface area contributed by atoms with Crippen molar-refractivity contribution in [2.24, 2.45) is 0 Å². The molecule has 1 heteroatoms. The van der Waals surface area contributed by atoms with Gasteiger partial charge in [-0.3, -0.25) is 0 Å². The molecular formula is C19H23N. The van der Waals surface area contributed by atoms with Crippen molar-refractivity contribution in [1.29, 1.82) is 0 Å². The smallest absolute Gasteiger partial charge is 0.0105 e. The molecule has 1 aliphatic rings. The molecule has 2 aromatic rings. The van der Waals surface area contributed by atoms with Crippen LogP contribution in [-0.4, -0.2) is 12.6 Å². The maximum Gasteiger partial charge on any atom is 0.0105 e. The molecule has 0 saturated heterocycles. The summed E-state index contributed by atoms with van der Waals surface area (Å²) in [5.74, 6) is 0.588. The van der Waals surface area contributed by atoms with Gasteiger partial charge in [0.15, 0.2) is 0 Å². The Kier molecular flexibility index (Phi) is 4.17. The fraction of sp³-hybridized carbons (Fsp3) is 0.368. The van der Waals surface area contributed by atoms with E-state index in [0.29, 0.717) is 12.0 Å². The summed E-state index contributed by atoms with van der Waals surface area (Å²) in [6, 6.07) is 20.5. The maximum absolute atomic E-state index is 3.75. The first-order valence-electron chi connectivity index (χ1n) is 7.72. The second-order valence-electron chi connectivity index (χ2n) is 5.80. The minimum Gasteiger partial charge on any atom is -0.313 e. The Balaban J connectivity index is 1.87. The van der Waals surface area contributed by atoms with E-state index in [1.54, 1.807) is 5.56 Å². The van der Waals surface area contributed by atoms with Crippen LogP contribution in [-0.2, 0) is 12.8 Å². The van der Waals surface area contributed by atoms with Crippen LogP contribution in [0.25, 0.3) is 0 Å². The molecule has 2 aromatic carbocycles. The predicted molar refractivity (Wildman–Crippen MR) is 85.1 cm³/mol. The van der Waals surface area contributed by atoms with Gasteiger partial charge in [-0.25, -0.2) is 0 Å². The first kappa shape index (κ1) is 13.4. The SMILES string of the molecule is CC[C@@H]1Cc2ccccc2[C@@H](Cc2ccccc2)CN1. The molecule has 0 aliphatic carbocycles. The molecule has 20 heavy (non-hydrogen) atoms. The second-order valence-corrected chi connectivity index (χ2v) is 5.80. The van der Waals surface area contributed by atoms with Gasteiger partial charge < -0.3 is 5.32 Å². The molecular weight excluding hydrogens is 242 g/mol. The summed E-state index contributed by atoms with van der Waals surface area (Å²) in [4.78, 5) is 0. The Morgan fingerprint density at radius 2 is 1.75 bits per heavy atom. The van der Waals surface area contributed by atoms with Gasteiger partial charge in [0.05, 0.1) is 0 Å². The monoisotopic (exact) mass is 265 g/mol. The molecule has 3 rings (SSSR count). The van der Waals surface area contributed by atoms with E-state index in [1.165, 1.54) is 17.5 Å². The van der Waals surface area contributed by atoms with Crippen molar-refractivity contribution in [3.05, 3.63) is 71.3 Å². The molecule has 104 valence electrons. The Bertz CT molecular complexity index is 547. The summed E-state index contributed by atoms with van der Waals surface area (Å²) in [5, 5.41) is 3.75. The molecule has 0 spiro atoms. The van der Waals surface area contributed by atoms with Crippen LogP contribution in [0.3, 0.4) is 0 Å². The maximum atomic E-state index is 3.75. The highest BCUT2D eigenvalue weighted by atomic mass is 14.9. The van der Waals surface area contributed by atoms with Gasteiger partial charge in [0.25, 0.3) is 0 Å². The fourth-order valence-corrected chi connectivity index (χ4v) is 3.24. The van der Waals surface area contributed by atoms with Gasteiger partial charge in [0.2, 0.25) is 0 Å². The predicted octanol–water partition coefficient (Wildman–Crippen LogP) is 3.94. The van der Waals surface area contributed by atoms with E-state index in [-0.39, 0.29) is 0 Å². The normalized spacial score (nSPS) is 22.1. The summed E-state index contributed by atoms with van der Waals surface area (Å²) in [5.41, 5.74) is 4.51. The molecule has 0 radical (unpaired) electrons. The lowest BCUT2D eigenvalue weighted by molar-refractivity contribution is 0.486. The molecule has 0 unspecified atom stereocenters. The van der Waals surface area contributed by atoms with Gasteiger partial charge in [-0.15, -0.1) is 0 Å². The lowest BCUT2D eigenvalue weighted by Crippen LogP contribution is -2.31. The van der Waals surface area contributed by atoms with E-state index >= 15 is 0 Å². The molecule has 1 aliphatic heterocycles. The Morgan fingerprint density at radius 3 is 2.55 bits per heavy atom. The summed E-state index contributed by atoms with van der Waals surface area (Å²) >= 11 is 0. The number of hydrogen-bond acceptors (Lipinski definition) is 1. The second kappa shape index (κ2) is 6.23. The van der Waals surface area contributed by atoms with Crippen LogP contribution in [0, 0.1) is 0 Å². The molecule has 2 atom stereocenters. The first-order valence-corrected chi connectivity index (χ1v) is 7.72. The molecule has 1 nitrogen and oxygen atoms in total. The zero-order chi connectivity index (χ0) is 13.8. The Hall–Kier alpha value is -1.60. The van der Waals surface area contributed by atoms with Crippen LogP contribution in [0.2, 0.25) is 0 Å². The molecule has 0 fully saturated rings. The van der Waals surface area contributed by atoms with Crippen molar-refractivity contribution in [2.45, 2.75) is 38.1 Å². The molecule has 1 N–H and O–H groups in total. The summed E-state index contributed by atoms with van der Waals surface area (Å²) in [6.07, 6.45) is 3.49. The molecule has 0 saturated carbocycles. The van der Waals surface area contributed by atoms with Gasteiger partial charge >= 0.3 is 0 Å². The Morgan fingerprint density at radius 1 is 1.00 bits per heavy atom. The summed E-state index contributed by atoms with van der Waals surface area (Å²) in [6.45, 7) is 3.36. The first-order chi connectivity index (χ1) is 9.86. The highest BCUT2D eigenvalue weighted by Gasteiger charge is 2.22. The third-order valence-corrected chi connectivity index (χ3v) is 4.43. The van der Waals surface area contributed by atoms with Crippen LogP contribution in [0.1, 0.15) is 36.0 Å². The van der Waals surface area contributed by atoms with Crippen LogP contribution >= 0.6 is 0 Å². The average Bonchev–Trinajstić information content (AvgIpc) is 2.68. The number of rotatable bonds is 3. The fourth-order valence-electron chi connectivity index (χ4n) is 3.24. The minimum absolute atomic E-state index is 0.588. The van der Waals surface area contributed by atoms with E-state index < -0.39 is 0 Å². The van der Waals surface area contributed by atoms with E-state index in [0.717, 1.165) is 19.4 Å². The largest absolute Gasteiger partial charge is 0.313 e. The number of hydrogen-bond donors (Lipinski definition) is 1. The van der Waals surface area contributed by atoms with Crippen LogP contribution < -0.4 is 5.32 Å². The zero-order valence-electron chi connectivity index (χ0n) is 12.2. The van der Waals surface area contributed by atoms with Crippen molar-refractivity contribution in [3.8, 4) is 0 Å². The number of fused-ring (bicyclic) bond motifs is 1. The van der Waals surface area contributed by atoms with E-state index in [2.05, 4.69) is 66.8 Å². The quantitative estimate of drug-likeness (QED) is 0.886. The van der Waals surface area contributed by atoms with Crippen molar-refractivity contribution in [2.75, 3.05) is 6.54 Å². The van der Waals surface area contributed by atoms with Crippen molar-refractivity contribution < 1.29 is 0 Å². The van der Waals surface area contributed by atoms with Crippen molar-refractivity contribution in [1.82, 2.24) is 5.32 Å². The van der Waals surface area contributed by atoms with Gasteiger partial charge in [0, 0.05) is 18.5 Å². The van der Waals surface area contributed by atoms with E-state index in [1.807, 2.05) is 0 Å². The lowest BCUT2D eigenvalue weighted by Gasteiger charge is -2.18. The van der Waals surface area contributed by atoms with Gasteiger partial charge in [-0.05, 0) is 36.0 Å². The number of nitrogens with one attached hydrogen (secondary N) is 1. The van der Waals surface area contributed by atoms with Crippen LogP contribution in [0.15, 0.2) is 54.6 Å². The lowest BCUT2D eigenvalue weighted by atomic mass is 9.88. The van der Waals surface area contributed by atoms with Gasteiger partial charge in [-0.2, -0.15) is 0 Å². The van der Waals surface area contributed by atoms with Gasteiger partial charge in [0.1, 0.15) is 0 Å². The summed E-state index contributed by atoms with van der Waals surface area (Å²) < 4.78 is 0. The highest BCUT2D eigenvalue weighted by molar-refractivity contribution is 5.34.